The number of halogens is 1. The average molecular weight is 236 g/mol. The van der Waals surface area contributed by atoms with Gasteiger partial charge < -0.3 is 4.90 Å². The van der Waals surface area contributed by atoms with Crippen molar-refractivity contribution in [3.63, 3.8) is 0 Å². The highest BCUT2D eigenvalue weighted by Crippen LogP contribution is 2.22. The van der Waals surface area contributed by atoms with Gasteiger partial charge >= 0.3 is 6.03 Å². The van der Waals surface area contributed by atoms with Crippen molar-refractivity contribution in [3.8, 4) is 0 Å². The highest BCUT2D eigenvalue weighted by atomic mass is 19.1. The third-order valence-electron chi connectivity index (χ3n) is 2.89. The normalized spacial score (nSPS) is 17.9. The summed E-state index contributed by atoms with van der Waals surface area (Å²) in [5.74, 6) is -0.597. The molecule has 0 bridgehead atoms. The van der Waals surface area contributed by atoms with Gasteiger partial charge in [-0.15, -0.1) is 0 Å². The van der Waals surface area contributed by atoms with E-state index >= 15 is 0 Å². The molecule has 2 rings (SSSR count). The fourth-order valence-electron chi connectivity index (χ4n) is 1.89. The minimum Gasteiger partial charge on any atom is -0.317 e. The molecule has 5 heteroatoms. The van der Waals surface area contributed by atoms with Gasteiger partial charge in [0.2, 0.25) is 5.91 Å². The Balaban J connectivity index is 2.17. The van der Waals surface area contributed by atoms with Gasteiger partial charge in [-0.2, -0.15) is 0 Å². The summed E-state index contributed by atoms with van der Waals surface area (Å²) < 4.78 is 13.1. The van der Waals surface area contributed by atoms with Crippen LogP contribution in [0.1, 0.15) is 24.9 Å². The molecule has 90 valence electrons. The predicted molar refractivity (Wildman–Crippen MR) is 59.7 cm³/mol. The highest BCUT2D eigenvalue weighted by molar-refractivity contribution is 5.96. The van der Waals surface area contributed by atoms with Crippen molar-refractivity contribution in [1.29, 1.82) is 0 Å². The zero-order valence-corrected chi connectivity index (χ0v) is 9.44. The molecule has 0 radical (unpaired) electrons. The number of hydrogen-bond acceptors (Lipinski definition) is 2. The van der Waals surface area contributed by atoms with Gasteiger partial charge in [-0.3, -0.25) is 10.1 Å². The van der Waals surface area contributed by atoms with Crippen molar-refractivity contribution in [2.24, 2.45) is 0 Å². The van der Waals surface area contributed by atoms with E-state index in [4.69, 9.17) is 0 Å². The second kappa shape index (κ2) is 4.53. The Kier molecular flexibility index (Phi) is 3.08. The second-order valence-corrected chi connectivity index (χ2v) is 4.03. The molecule has 17 heavy (non-hydrogen) atoms. The van der Waals surface area contributed by atoms with Gasteiger partial charge in [0.25, 0.3) is 0 Å². The van der Waals surface area contributed by atoms with Crippen molar-refractivity contribution in [3.05, 3.63) is 35.6 Å². The van der Waals surface area contributed by atoms with E-state index in [0.29, 0.717) is 6.54 Å². The number of carbonyl (C=O) groups is 2. The van der Waals surface area contributed by atoms with E-state index < -0.39 is 6.03 Å². The maximum Gasteiger partial charge on any atom is 0.324 e. The predicted octanol–water partition coefficient (Wildman–Crippen LogP) is 1.83. The van der Waals surface area contributed by atoms with E-state index in [1.54, 1.807) is 12.1 Å². The second-order valence-electron chi connectivity index (χ2n) is 4.03. The molecule has 1 atom stereocenters. The number of imide groups is 1. The van der Waals surface area contributed by atoms with Gasteiger partial charge in [0, 0.05) is 13.0 Å². The summed E-state index contributed by atoms with van der Waals surface area (Å²) in [6, 6.07) is 5.45. The Bertz CT molecular complexity index is 462. The largest absolute Gasteiger partial charge is 0.324 e. The maximum absolute atomic E-state index is 13.1. The van der Waals surface area contributed by atoms with Crippen LogP contribution in [-0.4, -0.2) is 23.4 Å². The molecule has 1 unspecified atom stereocenters. The Morgan fingerprint density at radius 3 is 2.82 bits per heavy atom. The fraction of sp³-hybridized carbons (Fsp3) is 0.333. The molecular weight excluding hydrogens is 223 g/mol. The quantitative estimate of drug-likeness (QED) is 0.851. The minimum atomic E-state index is -0.419. The summed E-state index contributed by atoms with van der Waals surface area (Å²) in [4.78, 5) is 24.1. The summed E-state index contributed by atoms with van der Waals surface area (Å²) >= 11 is 0. The molecule has 1 fully saturated rings. The standard InChI is InChI=1S/C12H13FN2O2/c1-8(9-3-2-4-10(13)7-9)15-6-5-11(16)14-12(15)17/h2-4,7-8H,5-6H2,1H3,(H,14,16,17). The summed E-state index contributed by atoms with van der Waals surface area (Å²) in [6.45, 7) is 2.17. The van der Waals surface area contributed by atoms with Crippen molar-refractivity contribution in [2.45, 2.75) is 19.4 Å². The van der Waals surface area contributed by atoms with Crippen LogP contribution in [0.3, 0.4) is 0 Å². The van der Waals surface area contributed by atoms with E-state index in [-0.39, 0.29) is 24.2 Å². The summed E-state index contributed by atoms with van der Waals surface area (Å²) in [5, 5.41) is 2.25. The molecule has 1 N–H and O–H groups in total. The lowest BCUT2D eigenvalue weighted by Crippen LogP contribution is -2.50. The Labute approximate surface area is 98.4 Å². The first-order valence-corrected chi connectivity index (χ1v) is 5.44. The first-order chi connectivity index (χ1) is 8.08. The molecule has 0 aromatic heterocycles. The molecule has 0 spiro atoms. The van der Waals surface area contributed by atoms with Crippen molar-refractivity contribution < 1.29 is 14.0 Å². The molecular formula is C12H13FN2O2. The SMILES string of the molecule is CC(c1cccc(F)c1)N1CCC(=O)NC1=O. The van der Waals surface area contributed by atoms with Gasteiger partial charge in [0.15, 0.2) is 0 Å². The minimum absolute atomic E-state index is 0.251. The van der Waals surface area contributed by atoms with Crippen LogP contribution in [0, 0.1) is 5.82 Å². The molecule has 3 amide bonds. The van der Waals surface area contributed by atoms with Crippen molar-refractivity contribution in [2.75, 3.05) is 6.54 Å². The van der Waals surface area contributed by atoms with E-state index in [1.165, 1.54) is 17.0 Å². The lowest BCUT2D eigenvalue weighted by atomic mass is 10.1. The number of benzene rings is 1. The number of amides is 3. The van der Waals surface area contributed by atoms with Gasteiger partial charge in [0.05, 0.1) is 6.04 Å². The van der Waals surface area contributed by atoms with Crippen LogP contribution in [0.25, 0.3) is 0 Å². The number of urea groups is 1. The van der Waals surface area contributed by atoms with E-state index in [1.807, 2.05) is 6.92 Å². The van der Waals surface area contributed by atoms with E-state index in [9.17, 15) is 14.0 Å². The number of hydrogen-bond donors (Lipinski definition) is 1. The third-order valence-corrected chi connectivity index (χ3v) is 2.89. The summed E-state index contributed by atoms with van der Waals surface area (Å²) in [6.07, 6.45) is 0.283. The van der Waals surface area contributed by atoms with Crippen LogP contribution in [-0.2, 0) is 4.79 Å². The number of carbonyl (C=O) groups excluding carboxylic acids is 2. The summed E-state index contributed by atoms with van der Waals surface area (Å²) in [5.41, 5.74) is 0.717. The summed E-state index contributed by atoms with van der Waals surface area (Å²) in [7, 11) is 0. The molecule has 1 aliphatic rings. The monoisotopic (exact) mass is 236 g/mol. The lowest BCUT2D eigenvalue weighted by Gasteiger charge is -2.32. The highest BCUT2D eigenvalue weighted by Gasteiger charge is 2.27. The molecule has 1 aromatic carbocycles. The fourth-order valence-corrected chi connectivity index (χ4v) is 1.89. The number of rotatable bonds is 2. The van der Waals surface area contributed by atoms with E-state index in [0.717, 1.165) is 5.56 Å². The Morgan fingerprint density at radius 2 is 2.18 bits per heavy atom. The molecule has 0 aliphatic carbocycles. The first-order valence-electron chi connectivity index (χ1n) is 5.44. The van der Waals surface area contributed by atoms with Crippen LogP contribution in [0.15, 0.2) is 24.3 Å². The average Bonchev–Trinajstić information content (AvgIpc) is 2.28. The van der Waals surface area contributed by atoms with Gasteiger partial charge in [-0.05, 0) is 24.6 Å². The van der Waals surface area contributed by atoms with Crippen LogP contribution in [0.5, 0.6) is 0 Å². The zero-order valence-electron chi connectivity index (χ0n) is 9.44. The maximum atomic E-state index is 13.1. The Morgan fingerprint density at radius 1 is 1.41 bits per heavy atom. The molecule has 4 nitrogen and oxygen atoms in total. The van der Waals surface area contributed by atoms with Gasteiger partial charge in [0.1, 0.15) is 5.82 Å². The lowest BCUT2D eigenvalue weighted by molar-refractivity contribution is -0.121. The molecule has 0 saturated carbocycles. The van der Waals surface area contributed by atoms with Gasteiger partial charge in [-0.25, -0.2) is 9.18 Å². The number of nitrogens with zero attached hydrogens (tertiary/aromatic N) is 1. The molecule has 1 aliphatic heterocycles. The van der Waals surface area contributed by atoms with E-state index in [2.05, 4.69) is 5.32 Å². The third kappa shape index (κ3) is 2.43. The van der Waals surface area contributed by atoms with Crippen LogP contribution >= 0.6 is 0 Å². The van der Waals surface area contributed by atoms with Crippen LogP contribution in [0.4, 0.5) is 9.18 Å². The molecule has 1 aromatic rings. The first kappa shape index (κ1) is 11.6. The van der Waals surface area contributed by atoms with Crippen LogP contribution in [0.2, 0.25) is 0 Å². The van der Waals surface area contributed by atoms with Crippen molar-refractivity contribution in [1.82, 2.24) is 10.2 Å². The smallest absolute Gasteiger partial charge is 0.317 e. The van der Waals surface area contributed by atoms with Gasteiger partial charge in [-0.1, -0.05) is 12.1 Å². The molecule has 1 saturated heterocycles. The topological polar surface area (TPSA) is 49.4 Å². The Hall–Kier alpha value is -1.91. The van der Waals surface area contributed by atoms with Crippen molar-refractivity contribution >= 4 is 11.9 Å². The zero-order chi connectivity index (χ0) is 12.4. The molecule has 1 heterocycles. The van der Waals surface area contributed by atoms with Crippen LogP contribution < -0.4 is 5.32 Å². The number of nitrogens with one attached hydrogen (secondary N) is 1.